The van der Waals surface area contributed by atoms with Gasteiger partial charge in [0.25, 0.3) is 5.69 Å². The van der Waals surface area contributed by atoms with E-state index in [2.05, 4.69) is 103 Å². The second-order valence-corrected chi connectivity index (χ2v) is 17.4. The van der Waals surface area contributed by atoms with Gasteiger partial charge in [-0.15, -0.1) is 0 Å². The maximum atomic E-state index is 11.1. The largest absolute Gasteiger partial charge is 0.492 e. The normalized spacial score (nSPS) is 11.9. The minimum Gasteiger partial charge on any atom is -0.492 e. The van der Waals surface area contributed by atoms with Gasteiger partial charge in [0.1, 0.15) is 24.7 Å². The fourth-order valence-corrected chi connectivity index (χ4v) is 8.90. The maximum absolute atomic E-state index is 11.1. The molecule has 73 heavy (non-hydrogen) atoms. The molecule has 0 fully saturated rings. The zero-order valence-corrected chi connectivity index (χ0v) is 42.3. The van der Waals surface area contributed by atoms with E-state index in [1.807, 2.05) is 114 Å². The summed E-state index contributed by atoms with van der Waals surface area (Å²) in [6.07, 6.45) is -1.49. The number of fused-ring (bicyclic) bond motifs is 6. The van der Waals surface area contributed by atoms with E-state index in [0.29, 0.717) is 57.2 Å². The number of aliphatic hydroxyl groups excluding tert-OH is 2. The number of halogens is 1. The fourth-order valence-electron chi connectivity index (χ4n) is 8.90. The number of nitro groups is 1. The molecular formula is C60H63IN6O6. The summed E-state index contributed by atoms with van der Waals surface area (Å²) < 4.78 is 12.2. The van der Waals surface area contributed by atoms with Gasteiger partial charge in [-0.1, -0.05) is 151 Å². The molecule has 0 aliphatic heterocycles. The first-order valence-electron chi connectivity index (χ1n) is 23.9. The molecule has 0 spiro atoms. The Kier molecular flexibility index (Phi) is 19.4. The number of nitrogens with zero attached hydrogens (tertiary/aromatic N) is 3. The Bertz CT molecular complexity index is 3310. The number of para-hydroxylation sites is 2. The van der Waals surface area contributed by atoms with Crippen molar-refractivity contribution in [1.29, 1.82) is 0 Å². The van der Waals surface area contributed by atoms with Gasteiger partial charge < -0.3 is 35.4 Å². The molecule has 0 saturated carbocycles. The van der Waals surface area contributed by atoms with Gasteiger partial charge in [0.2, 0.25) is 0 Å². The SMILES string of the molecule is C.CI.Nc1cccc([C@@H](O)CN(CCOc2ccc3c(c2)[nH]c2ccccc23)Cc2ccccc2)c1.O=[N+]([O-])c1cccc([C@@H](O)CN(CCOc2ccc3c(c2)[nH]c2ccccc23)Cc2ccccc2)c1. The summed E-state index contributed by atoms with van der Waals surface area (Å²) in [4.78, 5) is 23.9. The smallest absolute Gasteiger partial charge is 0.269 e. The Morgan fingerprint density at radius 2 is 0.959 bits per heavy atom. The number of ether oxygens (including phenoxy) is 2. The molecule has 10 rings (SSSR count). The van der Waals surface area contributed by atoms with Crippen molar-refractivity contribution in [2.24, 2.45) is 0 Å². The third kappa shape index (κ3) is 14.5. The quantitative estimate of drug-likeness (QED) is 0.0174. The topological polar surface area (TPSA) is 166 Å². The van der Waals surface area contributed by atoms with Crippen molar-refractivity contribution in [2.45, 2.75) is 32.7 Å². The number of aliphatic hydroxyl groups is 2. The van der Waals surface area contributed by atoms with Crippen molar-refractivity contribution in [2.75, 3.05) is 50.1 Å². The van der Waals surface area contributed by atoms with E-state index in [0.717, 1.165) is 56.6 Å². The molecule has 6 N–H and O–H groups in total. The number of nitro benzene ring substituents is 1. The lowest BCUT2D eigenvalue weighted by Gasteiger charge is -2.25. The molecule has 12 nitrogen and oxygen atoms in total. The number of anilines is 1. The second kappa shape index (κ2) is 26.4. The van der Waals surface area contributed by atoms with Crippen LogP contribution in [0.1, 0.15) is 41.9 Å². The number of alkyl halides is 1. The summed E-state index contributed by atoms with van der Waals surface area (Å²) in [5.74, 6) is 1.60. The van der Waals surface area contributed by atoms with Gasteiger partial charge in [-0.2, -0.15) is 0 Å². The number of nitrogen functional groups attached to an aromatic ring is 1. The van der Waals surface area contributed by atoms with Crippen molar-refractivity contribution < 1.29 is 24.6 Å². The minimum absolute atomic E-state index is 0. The average molecular weight is 1090 g/mol. The molecule has 13 heteroatoms. The molecule has 0 saturated heterocycles. The summed E-state index contributed by atoms with van der Waals surface area (Å²) in [5.41, 5.74) is 14.5. The Morgan fingerprint density at radius 3 is 1.42 bits per heavy atom. The Hall–Kier alpha value is -7.27. The van der Waals surface area contributed by atoms with Crippen LogP contribution in [0.4, 0.5) is 11.4 Å². The van der Waals surface area contributed by atoms with Gasteiger partial charge >= 0.3 is 0 Å². The molecule has 0 unspecified atom stereocenters. The van der Waals surface area contributed by atoms with Crippen molar-refractivity contribution in [3.8, 4) is 11.5 Å². The number of non-ortho nitro benzene ring substituents is 1. The van der Waals surface area contributed by atoms with E-state index < -0.39 is 17.1 Å². The van der Waals surface area contributed by atoms with Crippen molar-refractivity contribution in [3.05, 3.63) is 226 Å². The molecule has 2 atom stereocenters. The summed E-state index contributed by atoms with van der Waals surface area (Å²) in [6.45, 7) is 4.36. The van der Waals surface area contributed by atoms with Gasteiger partial charge in [0.15, 0.2) is 0 Å². The summed E-state index contributed by atoms with van der Waals surface area (Å²) in [5, 5.41) is 37.6. The number of nitrogens with two attached hydrogens (primary N) is 1. The second-order valence-electron chi connectivity index (χ2n) is 17.4. The predicted octanol–water partition coefficient (Wildman–Crippen LogP) is 13.0. The van der Waals surface area contributed by atoms with E-state index in [4.69, 9.17) is 15.2 Å². The molecule has 2 aromatic heterocycles. The summed E-state index contributed by atoms with van der Waals surface area (Å²) >= 11 is 2.15. The standard InChI is InChI=1S/C29H27N3O4.C29H29N3O2.CH3I.CH4/c33-29(22-9-6-10-23(17-22)32(34)35)20-31(19-21-7-2-1-3-8-21)15-16-36-24-13-14-26-25-11-4-5-12-27(25)30-28(26)18-24;30-23-10-6-9-22(17-23)29(33)20-32(19-21-7-2-1-3-8-21)15-16-34-24-13-14-26-25-11-4-5-12-27(25)31-28(26)18-24;1-2;/h1-14,17-18,29-30,33H,15-16,19-20H2;1-14,17-18,29,31,33H,15-16,19-20,30H2;1H3;1H4/t2*29-;;/m00../s1. The average Bonchev–Trinajstić information content (AvgIpc) is 3.97. The molecule has 2 heterocycles. The first-order valence-corrected chi connectivity index (χ1v) is 26.0. The first kappa shape index (κ1) is 53.5. The highest BCUT2D eigenvalue weighted by Gasteiger charge is 2.18. The lowest BCUT2D eigenvalue weighted by Crippen LogP contribution is -2.32. The van der Waals surface area contributed by atoms with Crippen LogP contribution in [0.3, 0.4) is 0 Å². The van der Waals surface area contributed by atoms with Gasteiger partial charge in [-0.25, -0.2) is 0 Å². The van der Waals surface area contributed by atoms with Gasteiger partial charge in [-0.3, -0.25) is 19.9 Å². The molecule has 0 bridgehead atoms. The summed E-state index contributed by atoms with van der Waals surface area (Å²) in [6, 6.07) is 62.6. The van der Waals surface area contributed by atoms with E-state index >= 15 is 0 Å². The number of rotatable bonds is 19. The lowest BCUT2D eigenvalue weighted by molar-refractivity contribution is -0.385. The van der Waals surface area contributed by atoms with Crippen LogP contribution in [-0.4, -0.2) is 79.2 Å². The van der Waals surface area contributed by atoms with E-state index in [9.17, 15) is 20.3 Å². The predicted molar refractivity (Wildman–Crippen MR) is 307 cm³/mol. The van der Waals surface area contributed by atoms with Gasteiger partial charge in [0.05, 0.1) is 28.2 Å². The van der Waals surface area contributed by atoms with Crippen LogP contribution in [0.5, 0.6) is 11.5 Å². The molecule has 8 aromatic carbocycles. The number of benzene rings is 8. The Labute approximate surface area is 440 Å². The fraction of sp³-hybridized carbons (Fsp3) is 0.200. The van der Waals surface area contributed by atoms with Crippen LogP contribution in [0.2, 0.25) is 0 Å². The highest BCUT2D eigenvalue weighted by molar-refractivity contribution is 14.1. The Balaban J connectivity index is 0.000000204. The van der Waals surface area contributed by atoms with Crippen molar-refractivity contribution in [1.82, 2.24) is 19.8 Å². The monoisotopic (exact) mass is 1090 g/mol. The Morgan fingerprint density at radius 1 is 0.534 bits per heavy atom. The van der Waals surface area contributed by atoms with Gasteiger partial charge in [-0.05, 0) is 75.7 Å². The van der Waals surface area contributed by atoms with Crippen molar-refractivity contribution in [3.63, 3.8) is 0 Å². The first-order chi connectivity index (χ1) is 35.2. The molecule has 0 aliphatic carbocycles. The zero-order valence-electron chi connectivity index (χ0n) is 40.1. The van der Waals surface area contributed by atoms with E-state index in [1.165, 1.54) is 33.9 Å². The van der Waals surface area contributed by atoms with Crippen molar-refractivity contribution >= 4 is 77.6 Å². The molecule has 0 aliphatic rings. The van der Waals surface area contributed by atoms with Gasteiger partial charge in [0, 0.05) is 102 Å². The van der Waals surface area contributed by atoms with Crippen LogP contribution in [0, 0.1) is 10.1 Å². The van der Waals surface area contributed by atoms with E-state index in [-0.39, 0.29) is 13.1 Å². The van der Waals surface area contributed by atoms with E-state index in [1.54, 1.807) is 12.1 Å². The number of hydrogen-bond acceptors (Lipinski definition) is 9. The molecule has 0 amide bonds. The molecule has 376 valence electrons. The molecule has 10 aromatic rings. The van der Waals surface area contributed by atoms with Crippen LogP contribution < -0.4 is 15.2 Å². The molecule has 0 radical (unpaired) electrons. The molecular weight excluding hydrogens is 1030 g/mol. The number of aromatic amines is 2. The number of H-pyrrole nitrogens is 2. The maximum Gasteiger partial charge on any atom is 0.269 e. The lowest BCUT2D eigenvalue weighted by atomic mass is 10.1. The third-order valence-electron chi connectivity index (χ3n) is 12.4. The van der Waals surface area contributed by atoms with Crippen LogP contribution in [0.25, 0.3) is 43.6 Å². The van der Waals surface area contributed by atoms with Crippen LogP contribution >= 0.6 is 22.6 Å². The van der Waals surface area contributed by atoms with Crippen LogP contribution in [-0.2, 0) is 13.1 Å². The highest BCUT2D eigenvalue weighted by Crippen LogP contribution is 2.30. The highest BCUT2D eigenvalue weighted by atomic mass is 127. The number of nitrogens with one attached hydrogen (secondary N) is 2. The number of aromatic nitrogens is 2. The minimum atomic E-state index is -0.865. The summed E-state index contributed by atoms with van der Waals surface area (Å²) in [7, 11) is 0. The third-order valence-corrected chi connectivity index (χ3v) is 12.4. The zero-order chi connectivity index (χ0) is 50.2. The number of hydrogen-bond donors (Lipinski definition) is 5. The van der Waals surface area contributed by atoms with Crippen LogP contribution in [0.15, 0.2) is 194 Å².